The van der Waals surface area contributed by atoms with Crippen LogP contribution in [0.15, 0.2) is 42.7 Å². The fraction of sp³-hybridized carbons (Fsp3) is 0.348. The first kappa shape index (κ1) is 19.7. The van der Waals surface area contributed by atoms with Crippen molar-refractivity contribution in [3.05, 3.63) is 71.4 Å². The van der Waals surface area contributed by atoms with Gasteiger partial charge in [0, 0.05) is 31.3 Å². The minimum absolute atomic E-state index is 0.101. The van der Waals surface area contributed by atoms with Crippen molar-refractivity contribution in [2.75, 3.05) is 18.4 Å². The van der Waals surface area contributed by atoms with Crippen LogP contribution in [-0.2, 0) is 5.54 Å². The van der Waals surface area contributed by atoms with Crippen molar-refractivity contribution in [1.29, 1.82) is 0 Å². The van der Waals surface area contributed by atoms with Gasteiger partial charge in [-0.1, -0.05) is 13.8 Å². The van der Waals surface area contributed by atoms with Crippen LogP contribution in [0.5, 0.6) is 0 Å². The molecule has 1 amide bonds. The number of pyridine rings is 1. The normalized spacial score (nSPS) is 16.7. The summed E-state index contributed by atoms with van der Waals surface area (Å²) < 4.78 is 29.5. The number of nitrogens with one attached hydrogen (secondary N) is 1. The van der Waals surface area contributed by atoms with Crippen molar-refractivity contribution in [3.63, 3.8) is 0 Å². The monoisotopic (exact) mass is 423 g/mol. The lowest BCUT2D eigenvalue weighted by Gasteiger charge is -2.45. The first-order valence-corrected chi connectivity index (χ1v) is 10.5. The molecular formula is C23H23F2N5O. The number of aromatic nitrogens is 3. The van der Waals surface area contributed by atoms with Crippen LogP contribution in [0.25, 0.3) is 5.82 Å². The molecular weight excluding hydrogens is 400 g/mol. The highest BCUT2D eigenvalue weighted by molar-refractivity contribution is 5.94. The molecule has 1 fully saturated rings. The molecule has 0 atom stereocenters. The average Bonchev–Trinajstić information content (AvgIpc) is 3.21. The standard InChI is InChI=1S/C23H23F2N5O/c1-14(2)20-27-13-19-23(28-18-4-3-9-26-21(18)30(19)20)7-10-29(11-8-23)22(31)16-6-5-15(24)12-17(16)25/h3-6,9,12-14,28H,7-8,10-11H2,1-2H3. The molecule has 3 aromatic rings. The van der Waals surface area contributed by atoms with E-state index in [1.807, 2.05) is 18.3 Å². The van der Waals surface area contributed by atoms with E-state index in [0.717, 1.165) is 35.2 Å². The minimum Gasteiger partial charge on any atom is -0.371 e. The molecule has 4 heterocycles. The largest absolute Gasteiger partial charge is 0.371 e. The third-order valence-electron chi connectivity index (χ3n) is 6.23. The van der Waals surface area contributed by atoms with E-state index in [1.165, 1.54) is 6.07 Å². The molecule has 0 saturated carbocycles. The van der Waals surface area contributed by atoms with Crippen LogP contribution in [0.3, 0.4) is 0 Å². The lowest BCUT2D eigenvalue weighted by Crippen LogP contribution is -2.51. The van der Waals surface area contributed by atoms with E-state index < -0.39 is 23.1 Å². The summed E-state index contributed by atoms with van der Waals surface area (Å²) in [6.45, 7) is 5.10. The second-order valence-corrected chi connectivity index (χ2v) is 8.49. The Balaban J connectivity index is 1.46. The number of nitrogens with zero attached hydrogens (tertiary/aromatic N) is 4. The van der Waals surface area contributed by atoms with E-state index in [0.29, 0.717) is 25.9 Å². The first-order chi connectivity index (χ1) is 14.9. The minimum atomic E-state index is -0.833. The summed E-state index contributed by atoms with van der Waals surface area (Å²) in [5, 5.41) is 3.65. The molecule has 1 spiro atoms. The highest BCUT2D eigenvalue weighted by atomic mass is 19.1. The molecule has 0 bridgehead atoms. The van der Waals surface area contributed by atoms with Gasteiger partial charge in [0.25, 0.3) is 5.91 Å². The van der Waals surface area contributed by atoms with Crippen LogP contribution in [-0.4, -0.2) is 38.4 Å². The van der Waals surface area contributed by atoms with E-state index in [4.69, 9.17) is 0 Å². The number of imidazole rings is 1. The quantitative estimate of drug-likeness (QED) is 0.670. The molecule has 5 rings (SSSR count). The highest BCUT2D eigenvalue weighted by Gasteiger charge is 2.44. The number of carbonyl (C=O) groups is 1. The van der Waals surface area contributed by atoms with E-state index in [2.05, 4.69) is 33.7 Å². The SMILES string of the molecule is CC(C)c1ncc2n1-c1ncccc1NC21CCN(C(=O)c2ccc(F)cc2F)CC1. The number of likely N-dealkylation sites (tertiary alicyclic amines) is 1. The number of piperidine rings is 1. The van der Waals surface area contributed by atoms with Gasteiger partial charge in [-0.3, -0.25) is 9.36 Å². The van der Waals surface area contributed by atoms with Gasteiger partial charge in [-0.15, -0.1) is 0 Å². The Labute approximate surface area is 178 Å². The van der Waals surface area contributed by atoms with Crippen LogP contribution in [0.1, 0.15) is 54.5 Å². The maximum absolute atomic E-state index is 14.1. The second kappa shape index (κ2) is 7.14. The lowest BCUT2D eigenvalue weighted by molar-refractivity contribution is 0.0671. The Hall–Kier alpha value is -3.29. The van der Waals surface area contributed by atoms with Crippen LogP contribution >= 0.6 is 0 Å². The zero-order chi connectivity index (χ0) is 21.8. The number of amides is 1. The fourth-order valence-electron chi connectivity index (χ4n) is 4.63. The average molecular weight is 423 g/mol. The van der Waals surface area contributed by atoms with Gasteiger partial charge in [-0.25, -0.2) is 18.7 Å². The summed E-state index contributed by atoms with van der Waals surface area (Å²) in [4.78, 5) is 23.7. The van der Waals surface area contributed by atoms with Crippen molar-refractivity contribution in [2.45, 2.75) is 38.1 Å². The molecule has 31 heavy (non-hydrogen) atoms. The Morgan fingerprint density at radius 1 is 1.16 bits per heavy atom. The first-order valence-electron chi connectivity index (χ1n) is 10.5. The third kappa shape index (κ3) is 3.08. The van der Waals surface area contributed by atoms with E-state index in [-0.39, 0.29) is 11.5 Å². The summed E-state index contributed by atoms with van der Waals surface area (Å²) in [5.41, 5.74) is 1.46. The van der Waals surface area contributed by atoms with Crippen LogP contribution < -0.4 is 5.32 Å². The number of anilines is 1. The number of rotatable bonds is 2. The van der Waals surface area contributed by atoms with Gasteiger partial charge in [0.2, 0.25) is 0 Å². The molecule has 2 aromatic heterocycles. The molecule has 0 unspecified atom stereocenters. The van der Waals surface area contributed by atoms with Crippen molar-refractivity contribution in [2.24, 2.45) is 0 Å². The summed E-state index contributed by atoms with van der Waals surface area (Å²) in [6, 6.07) is 6.97. The molecule has 0 aliphatic carbocycles. The smallest absolute Gasteiger partial charge is 0.256 e. The van der Waals surface area contributed by atoms with Crippen molar-refractivity contribution in [3.8, 4) is 5.82 Å². The van der Waals surface area contributed by atoms with Crippen LogP contribution in [0, 0.1) is 11.6 Å². The second-order valence-electron chi connectivity index (χ2n) is 8.49. The maximum atomic E-state index is 14.1. The van der Waals surface area contributed by atoms with E-state index in [9.17, 15) is 13.6 Å². The lowest BCUT2D eigenvalue weighted by atomic mass is 9.82. The summed E-state index contributed by atoms with van der Waals surface area (Å²) >= 11 is 0. The topological polar surface area (TPSA) is 63.1 Å². The van der Waals surface area contributed by atoms with Crippen molar-refractivity contribution in [1.82, 2.24) is 19.4 Å². The predicted molar refractivity (Wildman–Crippen MR) is 112 cm³/mol. The van der Waals surface area contributed by atoms with Gasteiger partial charge >= 0.3 is 0 Å². The zero-order valence-corrected chi connectivity index (χ0v) is 17.4. The number of carbonyl (C=O) groups excluding carboxylic acids is 1. The molecule has 2 aliphatic heterocycles. The van der Waals surface area contributed by atoms with Crippen molar-refractivity contribution < 1.29 is 13.6 Å². The highest BCUT2D eigenvalue weighted by Crippen LogP contribution is 2.44. The summed E-state index contributed by atoms with van der Waals surface area (Å²) in [6.07, 6.45) is 4.94. The van der Waals surface area contributed by atoms with Gasteiger partial charge in [-0.2, -0.15) is 0 Å². The Bertz CT molecular complexity index is 1160. The zero-order valence-electron chi connectivity index (χ0n) is 17.4. The van der Waals surface area contributed by atoms with Gasteiger partial charge in [0.1, 0.15) is 17.5 Å². The molecule has 0 radical (unpaired) electrons. The third-order valence-corrected chi connectivity index (χ3v) is 6.23. The molecule has 2 aliphatic rings. The molecule has 1 N–H and O–H groups in total. The number of hydrogen-bond donors (Lipinski definition) is 1. The van der Waals surface area contributed by atoms with E-state index >= 15 is 0 Å². The van der Waals surface area contributed by atoms with Gasteiger partial charge in [0.15, 0.2) is 5.82 Å². The van der Waals surface area contributed by atoms with Gasteiger partial charge < -0.3 is 10.2 Å². The summed E-state index contributed by atoms with van der Waals surface area (Å²) in [5.74, 6) is 0.0580. The number of benzene rings is 1. The molecule has 160 valence electrons. The van der Waals surface area contributed by atoms with Crippen molar-refractivity contribution >= 4 is 11.6 Å². The fourth-order valence-corrected chi connectivity index (χ4v) is 4.63. The van der Waals surface area contributed by atoms with E-state index in [1.54, 1.807) is 11.1 Å². The Morgan fingerprint density at radius 3 is 2.65 bits per heavy atom. The van der Waals surface area contributed by atoms with Gasteiger partial charge in [0.05, 0.1) is 28.7 Å². The number of hydrogen-bond acceptors (Lipinski definition) is 4. The molecule has 6 nitrogen and oxygen atoms in total. The Kier molecular flexibility index (Phi) is 4.53. The number of halogens is 2. The molecule has 1 saturated heterocycles. The number of fused-ring (bicyclic) bond motifs is 4. The van der Waals surface area contributed by atoms with Gasteiger partial charge in [-0.05, 0) is 37.1 Å². The summed E-state index contributed by atoms with van der Waals surface area (Å²) in [7, 11) is 0. The Morgan fingerprint density at radius 2 is 1.94 bits per heavy atom. The predicted octanol–water partition coefficient (Wildman–Crippen LogP) is 4.23. The molecule has 1 aromatic carbocycles. The van der Waals surface area contributed by atoms with Crippen LogP contribution in [0.2, 0.25) is 0 Å². The molecule has 8 heteroatoms. The maximum Gasteiger partial charge on any atom is 0.256 e. The van der Waals surface area contributed by atoms with Crippen LogP contribution in [0.4, 0.5) is 14.5 Å².